The zero-order valence-corrected chi connectivity index (χ0v) is 13.8. The Labute approximate surface area is 136 Å². The molecule has 2 rings (SSSR count). The van der Waals surface area contributed by atoms with Gasteiger partial charge in [-0.1, -0.05) is 37.3 Å². The molecule has 0 aliphatic carbocycles. The van der Waals surface area contributed by atoms with Crippen LogP contribution in [0.15, 0.2) is 59.5 Å². The van der Waals surface area contributed by atoms with E-state index in [0.29, 0.717) is 17.9 Å². The largest absolute Gasteiger partial charge is 0.338 e. The highest BCUT2D eigenvalue weighted by Crippen LogP contribution is 2.12. The van der Waals surface area contributed by atoms with Gasteiger partial charge in [-0.3, -0.25) is 0 Å². The van der Waals surface area contributed by atoms with Crippen molar-refractivity contribution in [1.29, 1.82) is 0 Å². The second-order valence-corrected chi connectivity index (χ2v) is 7.32. The van der Waals surface area contributed by atoms with E-state index in [2.05, 4.69) is 10.6 Å². The second-order valence-electron chi connectivity index (χ2n) is 5.04. The molecule has 0 saturated carbocycles. The summed E-state index contributed by atoms with van der Waals surface area (Å²) in [6.07, 6.45) is 0.634. The highest BCUT2D eigenvalue weighted by atomic mass is 32.2. The molecule has 0 aliphatic heterocycles. The van der Waals surface area contributed by atoms with E-state index in [4.69, 9.17) is 0 Å². The van der Waals surface area contributed by atoms with E-state index in [-0.39, 0.29) is 11.8 Å². The molecular formula is C17H20N2O3S. The molecule has 0 bridgehead atoms. The van der Waals surface area contributed by atoms with Gasteiger partial charge in [0.05, 0.1) is 10.6 Å². The van der Waals surface area contributed by atoms with E-state index >= 15 is 0 Å². The zero-order chi connectivity index (χ0) is 16.7. The highest BCUT2D eigenvalue weighted by Gasteiger charge is 2.10. The van der Waals surface area contributed by atoms with Crippen molar-refractivity contribution in [2.75, 3.05) is 17.6 Å². The summed E-state index contributed by atoms with van der Waals surface area (Å²) in [4.78, 5) is 12.1. The third-order valence-electron chi connectivity index (χ3n) is 3.39. The van der Waals surface area contributed by atoms with Gasteiger partial charge in [0.2, 0.25) is 0 Å². The third kappa shape index (κ3) is 5.10. The number of rotatable bonds is 6. The minimum atomic E-state index is -3.16. The Morgan fingerprint density at radius 1 is 1.00 bits per heavy atom. The van der Waals surface area contributed by atoms with Crippen LogP contribution in [-0.2, 0) is 16.3 Å². The molecule has 23 heavy (non-hydrogen) atoms. The Kier molecular flexibility index (Phi) is 5.76. The lowest BCUT2D eigenvalue weighted by Gasteiger charge is -2.08. The first-order chi connectivity index (χ1) is 11.0. The molecule has 0 heterocycles. The monoisotopic (exact) mass is 332 g/mol. The minimum absolute atomic E-state index is 0.0908. The summed E-state index contributed by atoms with van der Waals surface area (Å²) in [6.45, 7) is 2.09. The van der Waals surface area contributed by atoms with E-state index in [1.54, 1.807) is 31.2 Å². The van der Waals surface area contributed by atoms with Crippen LogP contribution < -0.4 is 10.6 Å². The first-order valence-electron chi connectivity index (χ1n) is 7.43. The van der Waals surface area contributed by atoms with Gasteiger partial charge in [-0.05, 0) is 36.2 Å². The number of hydrogen-bond donors (Lipinski definition) is 2. The van der Waals surface area contributed by atoms with Gasteiger partial charge in [-0.2, -0.15) is 0 Å². The van der Waals surface area contributed by atoms with Crippen LogP contribution in [0.3, 0.4) is 0 Å². The van der Waals surface area contributed by atoms with E-state index < -0.39 is 9.84 Å². The van der Waals surface area contributed by atoms with Crippen molar-refractivity contribution in [2.24, 2.45) is 0 Å². The molecule has 122 valence electrons. The molecule has 0 unspecified atom stereocenters. The Bertz CT molecular complexity index is 741. The predicted octanol–water partition coefficient (Wildman–Crippen LogP) is 2.84. The number of para-hydroxylation sites is 1. The Morgan fingerprint density at radius 2 is 1.65 bits per heavy atom. The van der Waals surface area contributed by atoms with Crippen LogP contribution in [0.2, 0.25) is 0 Å². The van der Waals surface area contributed by atoms with Crippen molar-refractivity contribution < 1.29 is 13.2 Å². The Morgan fingerprint density at radius 3 is 2.26 bits per heavy atom. The van der Waals surface area contributed by atoms with Gasteiger partial charge in [0, 0.05) is 12.2 Å². The van der Waals surface area contributed by atoms with Crippen LogP contribution in [0.4, 0.5) is 10.5 Å². The van der Waals surface area contributed by atoms with Crippen molar-refractivity contribution in [3.63, 3.8) is 0 Å². The molecule has 0 fully saturated rings. The van der Waals surface area contributed by atoms with Gasteiger partial charge in [-0.25, -0.2) is 13.2 Å². The van der Waals surface area contributed by atoms with E-state index in [9.17, 15) is 13.2 Å². The standard InChI is InChI=1S/C17H20N2O3S/c1-2-23(21,22)16-10-8-14(9-11-16)12-13-18-17(20)19-15-6-4-3-5-7-15/h3-11H,2,12-13H2,1H3,(H2,18,19,20). The van der Waals surface area contributed by atoms with E-state index in [0.717, 1.165) is 11.3 Å². The maximum atomic E-state index is 11.7. The Hall–Kier alpha value is -2.34. The molecule has 0 saturated heterocycles. The van der Waals surface area contributed by atoms with Crippen LogP contribution >= 0.6 is 0 Å². The Balaban J connectivity index is 1.81. The van der Waals surface area contributed by atoms with Crippen LogP contribution in [0.5, 0.6) is 0 Å². The molecular weight excluding hydrogens is 312 g/mol. The average Bonchev–Trinajstić information content (AvgIpc) is 2.56. The predicted molar refractivity (Wildman–Crippen MR) is 91.3 cm³/mol. The number of sulfone groups is 1. The molecule has 2 aromatic rings. The van der Waals surface area contributed by atoms with Crippen LogP contribution in [-0.4, -0.2) is 26.7 Å². The summed E-state index contributed by atoms with van der Waals surface area (Å²) >= 11 is 0. The maximum absolute atomic E-state index is 11.7. The van der Waals surface area contributed by atoms with Crippen molar-refractivity contribution in [1.82, 2.24) is 5.32 Å². The molecule has 0 atom stereocenters. The van der Waals surface area contributed by atoms with Gasteiger partial charge in [-0.15, -0.1) is 0 Å². The van der Waals surface area contributed by atoms with Gasteiger partial charge < -0.3 is 10.6 Å². The topological polar surface area (TPSA) is 75.3 Å². The van der Waals surface area contributed by atoms with Gasteiger partial charge in [0.25, 0.3) is 0 Å². The number of carbonyl (C=O) groups excluding carboxylic acids is 1. The van der Waals surface area contributed by atoms with Crippen LogP contribution in [0, 0.1) is 0 Å². The summed E-state index contributed by atoms with van der Waals surface area (Å²) in [7, 11) is -3.16. The number of amides is 2. The number of hydrogen-bond acceptors (Lipinski definition) is 3. The molecule has 0 aliphatic rings. The molecule has 0 spiro atoms. The molecule has 2 aromatic carbocycles. The van der Waals surface area contributed by atoms with Crippen LogP contribution in [0.1, 0.15) is 12.5 Å². The number of carbonyl (C=O) groups is 1. The minimum Gasteiger partial charge on any atom is -0.338 e. The van der Waals surface area contributed by atoms with Gasteiger partial charge in [0.15, 0.2) is 9.84 Å². The van der Waals surface area contributed by atoms with Crippen molar-refractivity contribution >= 4 is 21.6 Å². The molecule has 0 aromatic heterocycles. The molecule has 6 heteroatoms. The SMILES string of the molecule is CCS(=O)(=O)c1ccc(CCNC(=O)Nc2ccccc2)cc1. The van der Waals surface area contributed by atoms with E-state index in [1.165, 1.54) is 0 Å². The molecule has 2 N–H and O–H groups in total. The van der Waals surface area contributed by atoms with Gasteiger partial charge >= 0.3 is 6.03 Å². The lowest BCUT2D eigenvalue weighted by molar-refractivity contribution is 0.252. The van der Waals surface area contributed by atoms with Crippen molar-refractivity contribution in [2.45, 2.75) is 18.2 Å². The number of anilines is 1. The van der Waals surface area contributed by atoms with E-state index in [1.807, 2.05) is 30.3 Å². The normalized spacial score (nSPS) is 11.0. The average molecular weight is 332 g/mol. The summed E-state index contributed by atoms with van der Waals surface area (Å²) in [5.41, 5.74) is 1.71. The fourth-order valence-electron chi connectivity index (χ4n) is 2.05. The number of urea groups is 1. The second kappa shape index (κ2) is 7.78. The summed E-state index contributed by atoms with van der Waals surface area (Å²) in [5, 5.41) is 5.50. The lowest BCUT2D eigenvalue weighted by atomic mass is 10.1. The third-order valence-corrected chi connectivity index (χ3v) is 5.14. The first kappa shape index (κ1) is 17.0. The zero-order valence-electron chi connectivity index (χ0n) is 13.0. The summed E-state index contributed by atoms with van der Waals surface area (Å²) in [5.74, 6) is 0.0908. The first-order valence-corrected chi connectivity index (χ1v) is 9.08. The lowest BCUT2D eigenvalue weighted by Crippen LogP contribution is -2.30. The smallest absolute Gasteiger partial charge is 0.319 e. The summed E-state index contributed by atoms with van der Waals surface area (Å²) in [6, 6.07) is 15.7. The number of benzene rings is 2. The molecule has 0 radical (unpaired) electrons. The molecule has 2 amide bonds. The number of nitrogens with one attached hydrogen (secondary N) is 2. The van der Waals surface area contributed by atoms with Crippen molar-refractivity contribution in [3.8, 4) is 0 Å². The quantitative estimate of drug-likeness (QED) is 0.854. The van der Waals surface area contributed by atoms with Crippen LogP contribution in [0.25, 0.3) is 0 Å². The fraction of sp³-hybridized carbons (Fsp3) is 0.235. The van der Waals surface area contributed by atoms with Gasteiger partial charge in [0.1, 0.15) is 0 Å². The maximum Gasteiger partial charge on any atom is 0.319 e. The summed E-state index contributed by atoms with van der Waals surface area (Å²) < 4.78 is 23.4. The highest BCUT2D eigenvalue weighted by molar-refractivity contribution is 7.91. The fourth-order valence-corrected chi connectivity index (χ4v) is 2.93. The molecule has 5 nitrogen and oxygen atoms in total. The van der Waals surface area contributed by atoms with Crippen molar-refractivity contribution in [3.05, 3.63) is 60.2 Å².